The Kier molecular flexibility index (Phi) is 10.3. The summed E-state index contributed by atoms with van der Waals surface area (Å²) in [4.78, 5) is 28.1. The number of nitrogens with one attached hydrogen (secondary N) is 1. The predicted molar refractivity (Wildman–Crippen MR) is 156 cm³/mol. The van der Waals surface area contributed by atoms with Gasteiger partial charge in [0.2, 0.25) is 11.8 Å². The molecule has 0 fully saturated rings. The number of aryl methyl sites for hydroxylation is 2. The maximum atomic E-state index is 14.6. The number of carbonyl (C=O) groups excluding carboxylic acids is 2. The molecule has 2 amide bonds. The molecule has 0 aliphatic carbocycles. The third-order valence-corrected chi connectivity index (χ3v) is 8.65. The fraction of sp³-hybridized carbons (Fsp3) is 0.333. The third kappa shape index (κ3) is 7.61. The fourth-order valence-corrected chi connectivity index (χ4v) is 5.52. The van der Waals surface area contributed by atoms with E-state index >= 15 is 0 Å². The Morgan fingerprint density at radius 3 is 2.20 bits per heavy atom. The van der Waals surface area contributed by atoms with Gasteiger partial charge >= 0.3 is 0 Å². The summed E-state index contributed by atoms with van der Waals surface area (Å²) in [6, 6.07) is 15.7. The highest BCUT2D eigenvalue weighted by molar-refractivity contribution is 7.92. The average Bonchev–Trinajstić information content (AvgIpc) is 2.91. The van der Waals surface area contributed by atoms with Gasteiger partial charge in [0.05, 0.1) is 10.6 Å². The number of benzene rings is 3. The number of sulfonamides is 1. The van der Waals surface area contributed by atoms with E-state index in [0.717, 1.165) is 15.4 Å². The first-order chi connectivity index (χ1) is 18.8. The van der Waals surface area contributed by atoms with Gasteiger partial charge in [-0.05, 0) is 80.3 Å². The van der Waals surface area contributed by atoms with Crippen LogP contribution in [0.4, 0.5) is 10.1 Å². The average molecular weight is 588 g/mol. The number of halogens is 2. The monoisotopic (exact) mass is 587 g/mol. The first kappa shape index (κ1) is 31.1. The van der Waals surface area contributed by atoms with Crippen LogP contribution in [-0.2, 0) is 26.2 Å². The lowest BCUT2D eigenvalue weighted by atomic mass is 10.1. The Bertz CT molecular complexity index is 1460. The van der Waals surface area contributed by atoms with E-state index in [1.165, 1.54) is 47.4 Å². The van der Waals surface area contributed by atoms with E-state index in [4.69, 9.17) is 11.6 Å². The highest BCUT2D eigenvalue weighted by Gasteiger charge is 2.33. The molecule has 0 radical (unpaired) electrons. The molecule has 0 unspecified atom stereocenters. The number of carbonyl (C=O) groups is 2. The Hall–Kier alpha value is -3.43. The lowest BCUT2D eigenvalue weighted by Gasteiger charge is -2.32. The molecule has 214 valence electrons. The zero-order valence-electron chi connectivity index (χ0n) is 23.3. The van der Waals surface area contributed by atoms with Gasteiger partial charge in [-0.25, -0.2) is 12.8 Å². The van der Waals surface area contributed by atoms with Gasteiger partial charge in [-0.15, -0.1) is 0 Å². The van der Waals surface area contributed by atoms with Crippen LogP contribution in [0.15, 0.2) is 71.6 Å². The highest BCUT2D eigenvalue weighted by Crippen LogP contribution is 2.27. The fourth-order valence-electron chi connectivity index (χ4n) is 3.99. The predicted octanol–water partition coefficient (Wildman–Crippen LogP) is 5.48. The molecule has 0 saturated heterocycles. The summed E-state index contributed by atoms with van der Waals surface area (Å²) in [6.45, 7) is 8.74. The van der Waals surface area contributed by atoms with Crippen LogP contribution in [0.1, 0.15) is 37.5 Å². The Balaban J connectivity index is 2.05. The number of nitrogens with zero attached hydrogens (tertiary/aromatic N) is 2. The summed E-state index contributed by atoms with van der Waals surface area (Å²) >= 11 is 5.98. The Morgan fingerprint density at radius 1 is 0.950 bits per heavy atom. The number of anilines is 1. The lowest BCUT2D eigenvalue weighted by molar-refractivity contribution is -0.139. The van der Waals surface area contributed by atoms with E-state index in [1.807, 2.05) is 27.7 Å². The lowest BCUT2D eigenvalue weighted by Crippen LogP contribution is -2.51. The maximum absolute atomic E-state index is 14.6. The first-order valence-electron chi connectivity index (χ1n) is 13.0. The van der Waals surface area contributed by atoms with Crippen molar-refractivity contribution in [2.24, 2.45) is 5.92 Å². The van der Waals surface area contributed by atoms with Crippen molar-refractivity contribution in [2.45, 2.75) is 52.1 Å². The van der Waals surface area contributed by atoms with Crippen molar-refractivity contribution >= 4 is 39.1 Å². The summed E-state index contributed by atoms with van der Waals surface area (Å²) in [5.41, 5.74) is 2.29. The van der Waals surface area contributed by atoms with E-state index in [1.54, 1.807) is 31.2 Å². The molecule has 0 heterocycles. The molecule has 0 aliphatic rings. The molecule has 0 bridgehead atoms. The Morgan fingerprint density at radius 2 is 1.60 bits per heavy atom. The van der Waals surface area contributed by atoms with Crippen molar-refractivity contribution in [3.8, 4) is 0 Å². The summed E-state index contributed by atoms with van der Waals surface area (Å²) in [7, 11) is -4.22. The normalized spacial score (nSPS) is 12.2. The van der Waals surface area contributed by atoms with Crippen LogP contribution in [0.3, 0.4) is 0 Å². The zero-order chi connectivity index (χ0) is 29.6. The van der Waals surface area contributed by atoms with Gasteiger partial charge in [0.15, 0.2) is 0 Å². The minimum absolute atomic E-state index is 0.0497. The van der Waals surface area contributed by atoms with Gasteiger partial charge < -0.3 is 10.2 Å². The van der Waals surface area contributed by atoms with E-state index in [0.29, 0.717) is 11.6 Å². The summed E-state index contributed by atoms with van der Waals surface area (Å²) in [5.74, 6) is -1.44. The number of amides is 2. The van der Waals surface area contributed by atoms with Crippen LogP contribution >= 0.6 is 11.6 Å². The maximum Gasteiger partial charge on any atom is 0.264 e. The summed E-state index contributed by atoms with van der Waals surface area (Å²) < 4.78 is 43.4. The van der Waals surface area contributed by atoms with Crippen molar-refractivity contribution < 1.29 is 22.4 Å². The highest BCUT2D eigenvalue weighted by atomic mass is 35.5. The van der Waals surface area contributed by atoms with Crippen molar-refractivity contribution in [2.75, 3.05) is 17.4 Å². The second kappa shape index (κ2) is 13.3. The first-order valence-corrected chi connectivity index (χ1v) is 14.8. The third-order valence-electron chi connectivity index (χ3n) is 6.61. The van der Waals surface area contributed by atoms with Crippen LogP contribution in [0.2, 0.25) is 5.02 Å². The smallest absolute Gasteiger partial charge is 0.264 e. The SMILES string of the molecule is Cc1ccc(N(CC(=O)N(Cc2ccccc2F)[C@@H](C)C(=O)NCC(C)C)S(=O)(=O)c2ccc(Cl)cc2)cc1C. The van der Waals surface area contributed by atoms with Gasteiger partial charge in [-0.2, -0.15) is 0 Å². The molecular formula is C30H35ClFN3O4S. The quantitative estimate of drug-likeness (QED) is 0.322. The second-order valence-electron chi connectivity index (χ2n) is 10.2. The molecule has 1 atom stereocenters. The molecule has 1 N–H and O–H groups in total. The van der Waals surface area contributed by atoms with Crippen molar-refractivity contribution in [1.82, 2.24) is 10.2 Å². The van der Waals surface area contributed by atoms with Crippen LogP contribution in [0.25, 0.3) is 0 Å². The second-order valence-corrected chi connectivity index (χ2v) is 12.5. The van der Waals surface area contributed by atoms with Crippen LogP contribution in [0, 0.1) is 25.6 Å². The van der Waals surface area contributed by atoms with Gasteiger partial charge in [0.1, 0.15) is 18.4 Å². The molecule has 3 aromatic carbocycles. The molecule has 10 heteroatoms. The molecule has 7 nitrogen and oxygen atoms in total. The topological polar surface area (TPSA) is 86.8 Å². The van der Waals surface area contributed by atoms with Gasteiger partial charge in [-0.1, -0.05) is 49.7 Å². The molecule has 3 aromatic rings. The number of rotatable bonds is 11. The summed E-state index contributed by atoms with van der Waals surface area (Å²) in [6.07, 6.45) is 0. The Labute approximate surface area is 241 Å². The van der Waals surface area contributed by atoms with Crippen molar-refractivity contribution in [1.29, 1.82) is 0 Å². The van der Waals surface area contributed by atoms with Crippen LogP contribution in [-0.4, -0.2) is 44.3 Å². The van der Waals surface area contributed by atoms with E-state index in [9.17, 15) is 22.4 Å². The van der Waals surface area contributed by atoms with Gasteiger partial charge in [0.25, 0.3) is 10.0 Å². The molecular weight excluding hydrogens is 553 g/mol. The van der Waals surface area contributed by atoms with Crippen LogP contribution < -0.4 is 9.62 Å². The van der Waals surface area contributed by atoms with Gasteiger partial charge in [-0.3, -0.25) is 13.9 Å². The van der Waals surface area contributed by atoms with Gasteiger partial charge in [0, 0.05) is 23.7 Å². The molecule has 3 rings (SSSR count). The molecule has 0 aromatic heterocycles. The van der Waals surface area contributed by atoms with Crippen molar-refractivity contribution in [3.05, 3.63) is 94.3 Å². The van der Waals surface area contributed by atoms with E-state index in [2.05, 4.69) is 5.32 Å². The minimum atomic E-state index is -4.22. The van der Waals surface area contributed by atoms with Crippen molar-refractivity contribution in [3.63, 3.8) is 0 Å². The van der Waals surface area contributed by atoms with E-state index in [-0.39, 0.29) is 28.6 Å². The zero-order valence-corrected chi connectivity index (χ0v) is 24.9. The minimum Gasteiger partial charge on any atom is -0.354 e. The van der Waals surface area contributed by atoms with E-state index < -0.39 is 40.2 Å². The number of hydrogen-bond acceptors (Lipinski definition) is 4. The summed E-state index contributed by atoms with van der Waals surface area (Å²) in [5, 5.41) is 3.17. The standard InChI is InChI=1S/C30H35ClFN3O4S/c1-20(2)17-33-30(37)23(5)34(18-24-8-6-7-9-28(24)32)29(36)19-35(26-13-10-21(3)22(4)16-26)40(38,39)27-14-11-25(31)12-15-27/h6-16,20,23H,17-19H2,1-5H3,(H,33,37)/t23-/m0/s1. The number of hydrogen-bond donors (Lipinski definition) is 1. The molecule has 0 saturated carbocycles. The van der Waals surface area contributed by atoms with Crippen LogP contribution in [0.5, 0.6) is 0 Å². The molecule has 40 heavy (non-hydrogen) atoms. The largest absolute Gasteiger partial charge is 0.354 e. The molecule has 0 spiro atoms. The molecule has 0 aliphatic heterocycles.